The van der Waals surface area contributed by atoms with E-state index in [4.69, 9.17) is 0 Å². The Morgan fingerprint density at radius 1 is 0.867 bits per heavy atom. The summed E-state index contributed by atoms with van der Waals surface area (Å²) in [5.74, 6) is -0.692. The van der Waals surface area contributed by atoms with Crippen LogP contribution < -0.4 is 5.32 Å². The van der Waals surface area contributed by atoms with Gasteiger partial charge in [-0.05, 0) is 134 Å². The fraction of sp³-hybridized carbons (Fsp3) is 0.640. The van der Waals surface area contributed by atoms with Crippen LogP contribution in [0.15, 0.2) is 30.9 Å². The number of carboxylic acids is 1. The number of carbonyl (C=O) groups excluding carboxylic acids is 1. The van der Waals surface area contributed by atoms with Crippen molar-refractivity contribution in [3.8, 4) is 38.5 Å². The highest BCUT2D eigenvalue weighted by Crippen LogP contribution is 2.73. The van der Waals surface area contributed by atoms with Crippen molar-refractivity contribution >= 4 is 27.3 Å². The van der Waals surface area contributed by atoms with Gasteiger partial charge in [0.25, 0.3) is 0 Å². The number of terminal acetylenes is 3. The molecule has 1 aromatic carbocycles. The summed E-state index contributed by atoms with van der Waals surface area (Å²) in [6.45, 7) is 21.0. The molecule has 5 aliphatic carbocycles. The largest absolute Gasteiger partial charge is 0.477 e. The molecule has 60 heavy (non-hydrogen) atoms. The highest BCUT2D eigenvalue weighted by atomic mass is 32.2. The molecule has 1 heterocycles. The van der Waals surface area contributed by atoms with E-state index in [1.54, 1.807) is 6.08 Å². The van der Waals surface area contributed by atoms with Gasteiger partial charge in [-0.25, -0.2) is 22.0 Å². The van der Waals surface area contributed by atoms with Gasteiger partial charge >= 0.3 is 5.97 Å². The summed E-state index contributed by atoms with van der Waals surface area (Å²) in [5.41, 5.74) is 0.00338. The first-order valence-electron chi connectivity index (χ1n) is 21.7. The van der Waals surface area contributed by atoms with Crippen molar-refractivity contribution in [2.75, 3.05) is 37.7 Å². The Hall–Kier alpha value is -3.91. The summed E-state index contributed by atoms with van der Waals surface area (Å²) in [4.78, 5) is 27.6. The van der Waals surface area contributed by atoms with Crippen molar-refractivity contribution in [1.82, 2.24) is 10.2 Å². The lowest BCUT2D eigenvalue weighted by Gasteiger charge is -2.68. The first kappa shape index (κ1) is 52.2. The topological polar surface area (TPSA) is 104 Å². The molecular weight excluding hydrogens is 779 g/mol. The standard InChI is InChI=1S/C39H54F2N2O5S.C3H6.C2H6.3C2H2/c1-36(2)26(24-22-29(40)33(34(44)45)30(41)23-24)9-13-38(4)31(36)11-14-37(3)27-10-15-39(12-5-6-28(39)25(27)7-8-32(37)38)35(46)42-16-17-43-18-20-49(47,48)21-19-43;1-3-2;4*1-2/h9,22-23,25,27-28,31-32H,5-8,10-21H2,1-4H3,(H,42,46)(H,44,45);3H,1H2,2H3;1-2H3;3*1-2H/t25-,27?,28?,31?,32?,37-,38-,39-;;;;;/m0...../s1. The van der Waals surface area contributed by atoms with Crippen LogP contribution >= 0.6 is 0 Å². The van der Waals surface area contributed by atoms with Crippen molar-refractivity contribution in [2.24, 2.45) is 51.2 Å². The van der Waals surface area contributed by atoms with Crippen molar-refractivity contribution in [3.63, 3.8) is 0 Å². The number of rotatable bonds is 6. The minimum Gasteiger partial charge on any atom is -0.477 e. The highest BCUT2D eigenvalue weighted by Gasteiger charge is 2.66. The molecule has 7 nitrogen and oxygen atoms in total. The molecule has 7 rings (SSSR count). The van der Waals surface area contributed by atoms with Crippen LogP contribution in [0.3, 0.4) is 0 Å². The van der Waals surface area contributed by atoms with Crippen molar-refractivity contribution in [1.29, 1.82) is 0 Å². The molecule has 1 aliphatic heterocycles. The molecule has 2 N–H and O–H groups in total. The third-order valence-corrected chi connectivity index (χ3v) is 16.9. The van der Waals surface area contributed by atoms with Crippen LogP contribution in [0.1, 0.15) is 129 Å². The van der Waals surface area contributed by atoms with Gasteiger partial charge in [-0.1, -0.05) is 60.1 Å². The van der Waals surface area contributed by atoms with Gasteiger partial charge in [0.2, 0.25) is 5.91 Å². The second-order valence-electron chi connectivity index (χ2n) is 18.0. The van der Waals surface area contributed by atoms with E-state index in [1.165, 1.54) is 12.1 Å². The van der Waals surface area contributed by atoms with Crippen LogP contribution in [-0.4, -0.2) is 68.0 Å². The van der Waals surface area contributed by atoms with E-state index in [-0.39, 0.29) is 39.1 Å². The van der Waals surface area contributed by atoms with E-state index in [0.717, 1.165) is 69.8 Å². The smallest absolute Gasteiger partial charge is 0.341 e. The number of nitrogens with zero attached hydrogens (tertiary/aromatic N) is 1. The quantitative estimate of drug-likeness (QED) is 0.218. The highest BCUT2D eigenvalue weighted by molar-refractivity contribution is 7.91. The number of sulfone groups is 1. The monoisotopic (exact) mass is 851 g/mol. The van der Waals surface area contributed by atoms with Crippen LogP contribution in [0.2, 0.25) is 0 Å². The lowest BCUT2D eigenvalue weighted by molar-refractivity contribution is -0.181. The molecule has 1 amide bonds. The van der Waals surface area contributed by atoms with E-state index in [0.29, 0.717) is 61.3 Å². The maximum atomic E-state index is 14.8. The Balaban J connectivity index is 0.00000104. The zero-order valence-electron chi connectivity index (χ0n) is 37.4. The molecule has 5 fully saturated rings. The number of allylic oxidation sites excluding steroid dienone is 3. The van der Waals surface area contributed by atoms with Gasteiger partial charge in [0.1, 0.15) is 17.2 Å². The van der Waals surface area contributed by atoms with E-state index in [9.17, 15) is 31.9 Å². The minimum atomic E-state index is -2.92. The molecule has 1 aromatic rings. The van der Waals surface area contributed by atoms with Gasteiger partial charge in [-0.2, -0.15) is 0 Å². The second-order valence-corrected chi connectivity index (χ2v) is 20.3. The molecule has 6 aliphatic rings. The lowest BCUT2D eigenvalue weighted by Crippen LogP contribution is -2.62. The predicted molar refractivity (Wildman–Crippen MR) is 242 cm³/mol. The summed E-state index contributed by atoms with van der Waals surface area (Å²) in [6.07, 6.45) is 38.4. The molecular formula is C50H72F2N2O5S. The SMILES string of the molecule is C#C.C#C.C#C.C=CC.CC.CC1(C)C(c2cc(F)c(C(=O)O)c(F)c2)=CC[C@@]2(C)C1CC[C@@]1(C)C3CC[C@@]4(C(=O)NCCN5CCS(=O)(=O)CC5)CCCC4[C@H]3CCC12. The molecule has 10 heteroatoms. The van der Waals surface area contributed by atoms with Crippen molar-refractivity contribution in [2.45, 2.75) is 113 Å². The van der Waals surface area contributed by atoms with Crippen molar-refractivity contribution < 1.29 is 31.9 Å². The number of fused-ring (bicyclic) bond motifs is 7. The number of hydrogen-bond acceptors (Lipinski definition) is 5. The maximum absolute atomic E-state index is 14.8. The summed E-state index contributed by atoms with van der Waals surface area (Å²) in [7, 11) is -2.92. The molecule has 1 saturated heterocycles. The van der Waals surface area contributed by atoms with Gasteiger partial charge in [0.05, 0.1) is 16.9 Å². The molecule has 0 bridgehead atoms. The summed E-state index contributed by atoms with van der Waals surface area (Å²) in [6, 6.07) is 2.40. The maximum Gasteiger partial charge on any atom is 0.341 e. The molecule has 0 radical (unpaired) electrons. The summed E-state index contributed by atoms with van der Waals surface area (Å²) >= 11 is 0. The van der Waals surface area contributed by atoms with Gasteiger partial charge in [0.15, 0.2) is 9.84 Å². The molecule has 4 saturated carbocycles. The Labute approximate surface area is 361 Å². The second kappa shape index (κ2) is 21.7. The molecule has 0 aromatic heterocycles. The minimum absolute atomic E-state index is 0.0262. The number of carboxylic acid groups (broad SMARTS) is 1. The van der Waals surface area contributed by atoms with Gasteiger partial charge < -0.3 is 10.4 Å². The summed E-state index contributed by atoms with van der Waals surface area (Å²) in [5, 5.41) is 12.6. The summed E-state index contributed by atoms with van der Waals surface area (Å²) < 4.78 is 53.3. The van der Waals surface area contributed by atoms with E-state index >= 15 is 0 Å². The van der Waals surface area contributed by atoms with E-state index in [2.05, 4.69) is 89.1 Å². The Morgan fingerprint density at radius 3 is 1.98 bits per heavy atom. The normalized spacial score (nSPS) is 32.6. The molecule has 8 atom stereocenters. The van der Waals surface area contributed by atoms with Crippen LogP contribution in [-0.2, 0) is 14.6 Å². The molecule has 0 spiro atoms. The zero-order valence-corrected chi connectivity index (χ0v) is 38.2. The molecule has 332 valence electrons. The van der Waals surface area contributed by atoms with Gasteiger partial charge in [0, 0.05) is 26.2 Å². The van der Waals surface area contributed by atoms with Crippen LogP contribution in [0, 0.1) is 101 Å². The number of amides is 1. The number of halogens is 2. The fourth-order valence-electron chi connectivity index (χ4n) is 13.1. The van der Waals surface area contributed by atoms with Crippen LogP contribution in [0.4, 0.5) is 8.78 Å². The Kier molecular flexibility index (Phi) is 18.9. The Morgan fingerprint density at radius 2 is 1.43 bits per heavy atom. The third-order valence-electron chi connectivity index (χ3n) is 15.3. The fourth-order valence-corrected chi connectivity index (χ4v) is 14.4. The first-order valence-corrected chi connectivity index (χ1v) is 23.5. The van der Waals surface area contributed by atoms with Gasteiger partial charge in [-0.15, -0.1) is 45.1 Å². The van der Waals surface area contributed by atoms with Gasteiger partial charge in [-0.3, -0.25) is 9.69 Å². The van der Waals surface area contributed by atoms with Crippen LogP contribution in [0.5, 0.6) is 0 Å². The molecule has 4 unspecified atom stereocenters. The number of benzene rings is 1. The van der Waals surface area contributed by atoms with E-state index < -0.39 is 33.0 Å². The number of carbonyl (C=O) groups is 2. The Bertz CT molecular complexity index is 1810. The number of nitrogens with one attached hydrogen (secondary N) is 1. The van der Waals surface area contributed by atoms with Crippen LogP contribution in [0.25, 0.3) is 5.57 Å². The first-order chi connectivity index (χ1) is 28.4. The third kappa shape index (κ3) is 9.90. The van der Waals surface area contributed by atoms with Crippen molar-refractivity contribution in [3.05, 3.63) is 53.6 Å². The number of aromatic carboxylic acids is 1. The average molecular weight is 851 g/mol. The average Bonchev–Trinajstić information content (AvgIpc) is 3.67. The number of hydrogen-bond donors (Lipinski definition) is 2. The predicted octanol–water partition coefficient (Wildman–Crippen LogP) is 9.93. The zero-order chi connectivity index (χ0) is 45.9. The van der Waals surface area contributed by atoms with E-state index in [1.807, 2.05) is 20.8 Å². The lowest BCUT2D eigenvalue weighted by atomic mass is 9.36.